The van der Waals surface area contributed by atoms with Crippen LogP contribution in [0.2, 0.25) is 0 Å². The third-order valence-corrected chi connectivity index (χ3v) is 7.24. The van der Waals surface area contributed by atoms with Crippen molar-refractivity contribution in [3.8, 4) is 0 Å². The van der Waals surface area contributed by atoms with E-state index in [-0.39, 0.29) is 5.82 Å². The van der Waals surface area contributed by atoms with Crippen molar-refractivity contribution in [3.63, 3.8) is 0 Å². The number of benzene rings is 2. The first-order valence-corrected chi connectivity index (χ1v) is 14.0. The monoisotopic (exact) mass is 588 g/mol. The number of aromatic amines is 1. The van der Waals surface area contributed by atoms with Gasteiger partial charge in [-0.1, -0.05) is 24.3 Å². The van der Waals surface area contributed by atoms with Crippen LogP contribution in [0.4, 0.5) is 16.3 Å². The molecule has 0 bridgehead atoms. The molecule has 1 saturated heterocycles. The molecule has 0 unspecified atom stereocenters. The number of aliphatic carboxylic acids is 2. The molecule has 0 spiro atoms. The lowest BCUT2D eigenvalue weighted by molar-refractivity contribution is -0.159. The predicted octanol–water partition coefficient (Wildman–Crippen LogP) is 4.03. The van der Waals surface area contributed by atoms with E-state index >= 15 is 0 Å². The van der Waals surface area contributed by atoms with Gasteiger partial charge in [0.25, 0.3) is 0 Å². The van der Waals surface area contributed by atoms with E-state index in [1.165, 1.54) is 12.1 Å². The summed E-state index contributed by atoms with van der Waals surface area (Å²) in [5, 5.41) is 21.9. The highest BCUT2D eigenvalue weighted by Gasteiger charge is 2.21. The molecule has 0 radical (unpaired) electrons. The molecule has 4 heterocycles. The number of carbonyl (C=O) groups is 2. The molecule has 5 aromatic rings. The van der Waals surface area contributed by atoms with Gasteiger partial charge in [-0.15, -0.1) is 0 Å². The number of carboxylic acid groups (broad SMARTS) is 2. The Hall–Kier alpha value is -5.04. The number of imidazole rings is 2. The molecule has 0 saturated carbocycles. The average molecular weight is 589 g/mol. The van der Waals surface area contributed by atoms with Crippen LogP contribution in [0, 0.1) is 5.82 Å². The second-order valence-electron chi connectivity index (χ2n) is 10.3. The van der Waals surface area contributed by atoms with Gasteiger partial charge in [0.2, 0.25) is 11.9 Å². The van der Waals surface area contributed by atoms with Gasteiger partial charge < -0.3 is 35.3 Å². The van der Waals surface area contributed by atoms with E-state index < -0.39 is 11.9 Å². The van der Waals surface area contributed by atoms with Crippen LogP contribution in [-0.4, -0.2) is 83.8 Å². The number of likely N-dealkylation sites (tertiary alicyclic amines) is 1. The molecule has 0 atom stereocenters. The summed E-state index contributed by atoms with van der Waals surface area (Å²) < 4.78 is 15.6. The van der Waals surface area contributed by atoms with Gasteiger partial charge in [-0.3, -0.25) is 4.98 Å². The van der Waals surface area contributed by atoms with E-state index in [0.29, 0.717) is 12.6 Å². The average Bonchev–Trinajstić information content (AvgIpc) is 3.58. The Morgan fingerprint density at radius 2 is 1.72 bits per heavy atom. The summed E-state index contributed by atoms with van der Waals surface area (Å²) in [6.45, 7) is 4.71. The van der Waals surface area contributed by atoms with E-state index in [0.717, 1.165) is 85.0 Å². The Morgan fingerprint density at radius 3 is 2.44 bits per heavy atom. The minimum absolute atomic E-state index is 0.216. The first kappa shape index (κ1) is 29.5. The summed E-state index contributed by atoms with van der Waals surface area (Å²) in [4.78, 5) is 37.6. The van der Waals surface area contributed by atoms with Crippen molar-refractivity contribution >= 4 is 45.9 Å². The smallest absolute Gasteiger partial charge is 0.414 e. The molecule has 5 N–H and O–H groups in total. The highest BCUT2D eigenvalue weighted by molar-refractivity contribution is 6.27. The molecule has 6 rings (SSSR count). The van der Waals surface area contributed by atoms with Crippen LogP contribution < -0.4 is 10.6 Å². The Kier molecular flexibility index (Phi) is 9.42. The van der Waals surface area contributed by atoms with Crippen molar-refractivity contribution in [2.75, 3.05) is 36.8 Å². The molecule has 224 valence electrons. The molecular formula is C30H33FN8O4. The summed E-state index contributed by atoms with van der Waals surface area (Å²) in [5.41, 5.74) is 4.98. The molecule has 1 aliphatic rings. The second-order valence-corrected chi connectivity index (χ2v) is 10.3. The predicted molar refractivity (Wildman–Crippen MR) is 161 cm³/mol. The molecule has 1 aliphatic heterocycles. The van der Waals surface area contributed by atoms with E-state index in [9.17, 15) is 4.39 Å². The highest BCUT2D eigenvalue weighted by atomic mass is 19.1. The van der Waals surface area contributed by atoms with Crippen LogP contribution in [0.15, 0.2) is 67.0 Å². The topological polar surface area (TPSA) is 161 Å². The SMILES string of the molecule is Fc1ccc(Cn2c(NC3CCN(CCCNc4nc5ccncc5[nH]4)CC3)nc3ccccc32)cc1.O=C(O)C(=O)O. The Morgan fingerprint density at radius 1 is 0.977 bits per heavy atom. The molecule has 2 aromatic carbocycles. The van der Waals surface area contributed by atoms with Crippen molar-refractivity contribution < 1.29 is 24.2 Å². The number of fused-ring (bicyclic) bond motifs is 2. The molecule has 13 heteroatoms. The summed E-state index contributed by atoms with van der Waals surface area (Å²) >= 11 is 0. The Bertz CT molecular complexity index is 1630. The highest BCUT2D eigenvalue weighted by Crippen LogP contribution is 2.24. The number of halogens is 1. The zero-order valence-corrected chi connectivity index (χ0v) is 23.4. The van der Waals surface area contributed by atoms with Crippen molar-refractivity contribution in [2.24, 2.45) is 0 Å². The van der Waals surface area contributed by atoms with Crippen LogP contribution in [0.5, 0.6) is 0 Å². The minimum Gasteiger partial charge on any atom is -0.473 e. The van der Waals surface area contributed by atoms with Crippen molar-refractivity contribution in [2.45, 2.75) is 31.8 Å². The Labute approximate surface area is 246 Å². The first-order valence-electron chi connectivity index (χ1n) is 14.0. The van der Waals surface area contributed by atoms with Gasteiger partial charge in [-0.2, -0.15) is 0 Å². The third kappa shape index (κ3) is 7.83. The van der Waals surface area contributed by atoms with Crippen LogP contribution in [0.1, 0.15) is 24.8 Å². The van der Waals surface area contributed by atoms with Crippen LogP contribution >= 0.6 is 0 Å². The van der Waals surface area contributed by atoms with E-state index in [2.05, 4.69) is 41.1 Å². The van der Waals surface area contributed by atoms with Crippen LogP contribution in [-0.2, 0) is 16.1 Å². The maximum absolute atomic E-state index is 13.4. The van der Waals surface area contributed by atoms with Gasteiger partial charge >= 0.3 is 11.9 Å². The van der Waals surface area contributed by atoms with Crippen molar-refractivity contribution in [3.05, 3.63) is 78.4 Å². The zero-order valence-electron chi connectivity index (χ0n) is 23.4. The van der Waals surface area contributed by atoms with Crippen LogP contribution in [0.25, 0.3) is 22.1 Å². The largest absolute Gasteiger partial charge is 0.473 e. The number of rotatable bonds is 9. The van der Waals surface area contributed by atoms with Gasteiger partial charge in [0.1, 0.15) is 5.82 Å². The number of aromatic nitrogens is 5. The number of H-pyrrole nitrogens is 1. The van der Waals surface area contributed by atoms with Crippen LogP contribution in [0.3, 0.4) is 0 Å². The number of anilines is 2. The number of para-hydroxylation sites is 2. The molecule has 12 nitrogen and oxygen atoms in total. The summed E-state index contributed by atoms with van der Waals surface area (Å²) in [7, 11) is 0. The number of piperidine rings is 1. The standard InChI is InChI=1S/C28H31FN8.C2H2O4/c29-21-8-6-20(7-9-21)19-37-26-5-2-1-4-24(26)35-28(37)32-22-11-16-36(17-12-22)15-3-13-31-27-33-23-10-14-30-18-25(23)34-27;3-1(4)2(5)6/h1-2,4-10,14,18,22H,3,11-13,15-17,19H2,(H,32,35)(H2,31,33,34);(H,3,4)(H,5,6). The van der Waals surface area contributed by atoms with Gasteiger partial charge in [0.15, 0.2) is 0 Å². The van der Waals surface area contributed by atoms with Crippen molar-refractivity contribution in [1.29, 1.82) is 0 Å². The molecular weight excluding hydrogens is 555 g/mol. The maximum Gasteiger partial charge on any atom is 0.414 e. The minimum atomic E-state index is -1.82. The first-order chi connectivity index (χ1) is 20.9. The number of nitrogens with zero attached hydrogens (tertiary/aromatic N) is 5. The van der Waals surface area contributed by atoms with Gasteiger partial charge in [-0.25, -0.2) is 23.9 Å². The van der Waals surface area contributed by atoms with Gasteiger partial charge in [-0.05, 0) is 61.7 Å². The number of hydrogen-bond acceptors (Lipinski definition) is 8. The molecule has 0 amide bonds. The quantitative estimate of drug-likeness (QED) is 0.126. The maximum atomic E-state index is 13.4. The van der Waals surface area contributed by atoms with E-state index in [1.54, 1.807) is 12.4 Å². The van der Waals surface area contributed by atoms with Gasteiger partial charge in [0, 0.05) is 31.9 Å². The lowest BCUT2D eigenvalue weighted by Gasteiger charge is -2.32. The number of pyridine rings is 1. The summed E-state index contributed by atoms with van der Waals surface area (Å²) in [5.74, 6) is -2.18. The van der Waals surface area contributed by atoms with E-state index in [1.807, 2.05) is 36.4 Å². The zero-order chi connectivity index (χ0) is 30.2. The molecule has 43 heavy (non-hydrogen) atoms. The molecule has 1 fully saturated rings. The Balaban J connectivity index is 0.000000559. The summed E-state index contributed by atoms with van der Waals surface area (Å²) in [6, 6.07) is 17.2. The summed E-state index contributed by atoms with van der Waals surface area (Å²) in [6.07, 6.45) is 6.75. The molecule has 3 aromatic heterocycles. The number of carboxylic acids is 2. The van der Waals surface area contributed by atoms with Gasteiger partial charge in [0.05, 0.1) is 34.8 Å². The lowest BCUT2D eigenvalue weighted by atomic mass is 10.1. The number of nitrogens with one attached hydrogen (secondary N) is 3. The fourth-order valence-corrected chi connectivity index (χ4v) is 5.05. The lowest BCUT2D eigenvalue weighted by Crippen LogP contribution is -2.40. The normalized spacial score (nSPS) is 13.9. The molecule has 0 aliphatic carbocycles. The fourth-order valence-electron chi connectivity index (χ4n) is 5.05. The van der Waals surface area contributed by atoms with E-state index in [4.69, 9.17) is 24.8 Å². The second kappa shape index (κ2) is 13.7. The van der Waals surface area contributed by atoms with Crippen molar-refractivity contribution in [1.82, 2.24) is 29.4 Å². The number of hydrogen-bond donors (Lipinski definition) is 5. The third-order valence-electron chi connectivity index (χ3n) is 7.24. The fraction of sp³-hybridized carbons (Fsp3) is 0.300.